The number of carbonyl (C=O) groups is 1. The van der Waals surface area contributed by atoms with Crippen LogP contribution in [0.25, 0.3) is 5.88 Å². The lowest BCUT2D eigenvalue weighted by Crippen LogP contribution is -2.42. The molecule has 0 aliphatic carbocycles. The summed E-state index contributed by atoms with van der Waals surface area (Å²) in [6, 6.07) is 5.78. The first kappa shape index (κ1) is 11.6. The normalized spacial score (nSPS) is 14.0. The number of amides is 1. The predicted octanol–water partition coefficient (Wildman–Crippen LogP) is 2.10. The van der Waals surface area contributed by atoms with Crippen molar-refractivity contribution in [3.8, 4) is 12.0 Å². The summed E-state index contributed by atoms with van der Waals surface area (Å²) in [7, 11) is 0. The minimum Gasteiger partial charge on any atom is -0.443 e. The molecule has 19 heavy (non-hydrogen) atoms. The van der Waals surface area contributed by atoms with Crippen molar-refractivity contribution >= 4 is 5.91 Å². The van der Waals surface area contributed by atoms with Gasteiger partial charge in [-0.05, 0) is 25.5 Å². The first-order chi connectivity index (χ1) is 9.22. The molecule has 0 radical (unpaired) electrons. The fourth-order valence-electron chi connectivity index (χ4n) is 2.22. The first-order valence-corrected chi connectivity index (χ1v) is 6.18. The molecule has 0 atom stereocenters. The maximum absolute atomic E-state index is 12.3. The molecule has 1 fully saturated rings. The van der Waals surface area contributed by atoms with Crippen molar-refractivity contribution in [2.24, 2.45) is 0 Å². The van der Waals surface area contributed by atoms with Crippen molar-refractivity contribution in [1.82, 2.24) is 9.47 Å². The maximum atomic E-state index is 12.3. The third-order valence-electron chi connectivity index (χ3n) is 3.37. The number of rotatable bonds is 2. The summed E-state index contributed by atoms with van der Waals surface area (Å²) >= 11 is 0. The van der Waals surface area contributed by atoms with E-state index in [1.54, 1.807) is 28.8 Å². The van der Waals surface area contributed by atoms with Gasteiger partial charge in [0.1, 0.15) is 23.0 Å². The van der Waals surface area contributed by atoms with E-state index in [-0.39, 0.29) is 5.91 Å². The fourth-order valence-corrected chi connectivity index (χ4v) is 2.22. The number of aryl methyl sites for hydroxylation is 1. The van der Waals surface area contributed by atoms with Crippen molar-refractivity contribution in [2.45, 2.75) is 13.3 Å². The molecule has 0 saturated carbocycles. The van der Waals surface area contributed by atoms with Gasteiger partial charge in [-0.1, -0.05) is 0 Å². The molecule has 1 aliphatic heterocycles. The Labute approximate surface area is 110 Å². The number of likely N-dealkylation sites (tertiary alicyclic amines) is 1. The van der Waals surface area contributed by atoms with Crippen LogP contribution < -0.4 is 0 Å². The largest absolute Gasteiger partial charge is 0.443 e. The summed E-state index contributed by atoms with van der Waals surface area (Å²) in [5.74, 6) is 0.800. The Hall–Kier alpha value is -2.48. The third kappa shape index (κ3) is 1.73. The second kappa shape index (κ2) is 4.32. The van der Waals surface area contributed by atoms with E-state index in [0.29, 0.717) is 22.8 Å². The van der Waals surface area contributed by atoms with Gasteiger partial charge in [0.15, 0.2) is 0 Å². The molecule has 0 N–H and O–H groups in total. The minimum atomic E-state index is -0.109. The molecule has 1 saturated heterocycles. The summed E-state index contributed by atoms with van der Waals surface area (Å²) in [5, 5.41) is 9.34. The highest BCUT2D eigenvalue weighted by Gasteiger charge is 2.30. The maximum Gasteiger partial charge on any atom is 0.258 e. The quantitative estimate of drug-likeness (QED) is 0.825. The predicted molar refractivity (Wildman–Crippen MR) is 68.0 cm³/mol. The van der Waals surface area contributed by atoms with E-state index < -0.39 is 0 Å². The van der Waals surface area contributed by atoms with Gasteiger partial charge in [-0.3, -0.25) is 9.36 Å². The van der Waals surface area contributed by atoms with Crippen LogP contribution in [0.2, 0.25) is 0 Å². The Bertz CT molecular complexity index is 658. The molecule has 5 nitrogen and oxygen atoms in total. The second-order valence-electron chi connectivity index (χ2n) is 4.56. The van der Waals surface area contributed by atoms with Gasteiger partial charge >= 0.3 is 0 Å². The summed E-state index contributed by atoms with van der Waals surface area (Å²) in [4.78, 5) is 14.1. The second-order valence-corrected chi connectivity index (χ2v) is 4.56. The summed E-state index contributed by atoms with van der Waals surface area (Å²) in [5.41, 5.74) is 0.705. The number of hydrogen-bond donors (Lipinski definition) is 0. The molecule has 5 heteroatoms. The highest BCUT2D eigenvalue weighted by Crippen LogP contribution is 2.27. The average molecular weight is 255 g/mol. The Balaban J connectivity index is 2.10. The standard InChI is InChI=1S/C14H13N3O2/c1-10-12(13(18)16-7-4-8-16)11(9-15)14(19-10)17-5-2-3-6-17/h2-3,5-6H,4,7-8H2,1H3. The van der Waals surface area contributed by atoms with Crippen LogP contribution >= 0.6 is 0 Å². The summed E-state index contributed by atoms with van der Waals surface area (Å²) in [6.45, 7) is 3.24. The monoisotopic (exact) mass is 255 g/mol. The summed E-state index contributed by atoms with van der Waals surface area (Å²) in [6.07, 6.45) is 4.60. The molecule has 3 rings (SSSR count). The zero-order valence-electron chi connectivity index (χ0n) is 10.6. The summed E-state index contributed by atoms with van der Waals surface area (Å²) < 4.78 is 7.32. The third-order valence-corrected chi connectivity index (χ3v) is 3.37. The van der Waals surface area contributed by atoms with Crippen LogP contribution in [0.3, 0.4) is 0 Å². The van der Waals surface area contributed by atoms with Crippen LogP contribution in [0.5, 0.6) is 0 Å². The van der Waals surface area contributed by atoms with Crippen LogP contribution in [-0.2, 0) is 0 Å². The van der Waals surface area contributed by atoms with Gasteiger partial charge in [0.2, 0.25) is 5.88 Å². The molecule has 1 aliphatic rings. The van der Waals surface area contributed by atoms with E-state index in [1.807, 2.05) is 12.1 Å². The molecule has 0 spiro atoms. The van der Waals surface area contributed by atoms with Crippen molar-refractivity contribution in [2.75, 3.05) is 13.1 Å². The van der Waals surface area contributed by atoms with Crippen molar-refractivity contribution in [1.29, 1.82) is 5.26 Å². The lowest BCUT2D eigenvalue weighted by Gasteiger charge is -2.30. The van der Waals surface area contributed by atoms with E-state index in [4.69, 9.17) is 4.42 Å². The van der Waals surface area contributed by atoms with Crippen LogP contribution in [0, 0.1) is 18.3 Å². The van der Waals surface area contributed by atoms with E-state index in [2.05, 4.69) is 6.07 Å². The average Bonchev–Trinajstić information content (AvgIpc) is 2.92. The molecule has 3 heterocycles. The van der Waals surface area contributed by atoms with E-state index in [0.717, 1.165) is 19.5 Å². The van der Waals surface area contributed by atoms with Crippen LogP contribution in [0.1, 0.15) is 28.1 Å². The van der Waals surface area contributed by atoms with Gasteiger partial charge in [0, 0.05) is 25.5 Å². The van der Waals surface area contributed by atoms with Gasteiger partial charge < -0.3 is 9.32 Å². The van der Waals surface area contributed by atoms with Crippen LogP contribution in [0.4, 0.5) is 0 Å². The number of furan rings is 1. The molecule has 1 amide bonds. The molecular weight excluding hydrogens is 242 g/mol. The van der Waals surface area contributed by atoms with Crippen LogP contribution in [-0.4, -0.2) is 28.5 Å². The molecule has 0 bridgehead atoms. The molecule has 2 aromatic rings. The van der Waals surface area contributed by atoms with E-state index >= 15 is 0 Å². The Morgan fingerprint density at radius 2 is 2.05 bits per heavy atom. The fraction of sp³-hybridized carbons (Fsp3) is 0.286. The van der Waals surface area contributed by atoms with Gasteiger partial charge in [-0.15, -0.1) is 0 Å². The van der Waals surface area contributed by atoms with E-state index in [9.17, 15) is 10.1 Å². The number of hydrogen-bond acceptors (Lipinski definition) is 3. The highest BCUT2D eigenvalue weighted by atomic mass is 16.4. The van der Waals surface area contributed by atoms with Gasteiger partial charge in [-0.25, -0.2) is 0 Å². The lowest BCUT2D eigenvalue weighted by atomic mass is 10.1. The SMILES string of the molecule is Cc1oc(-n2cccc2)c(C#N)c1C(=O)N1CCC1. The molecule has 2 aromatic heterocycles. The zero-order valence-corrected chi connectivity index (χ0v) is 10.6. The van der Waals surface area contributed by atoms with Gasteiger partial charge in [0.05, 0.1) is 0 Å². The minimum absolute atomic E-state index is 0.109. The molecule has 0 aromatic carbocycles. The van der Waals surface area contributed by atoms with Gasteiger partial charge in [-0.2, -0.15) is 5.26 Å². The number of aromatic nitrogens is 1. The highest BCUT2D eigenvalue weighted by molar-refractivity contribution is 5.99. The number of nitriles is 1. The first-order valence-electron chi connectivity index (χ1n) is 6.18. The Morgan fingerprint density at radius 3 is 2.58 bits per heavy atom. The number of nitrogens with zero attached hydrogens (tertiary/aromatic N) is 3. The zero-order chi connectivity index (χ0) is 13.4. The topological polar surface area (TPSA) is 62.2 Å². The lowest BCUT2D eigenvalue weighted by molar-refractivity contribution is 0.0649. The Morgan fingerprint density at radius 1 is 1.37 bits per heavy atom. The van der Waals surface area contributed by atoms with Crippen molar-refractivity contribution < 1.29 is 9.21 Å². The molecule has 96 valence electrons. The molecular formula is C14H13N3O2. The molecule has 0 unspecified atom stereocenters. The van der Waals surface area contributed by atoms with Crippen molar-refractivity contribution in [3.63, 3.8) is 0 Å². The van der Waals surface area contributed by atoms with Crippen molar-refractivity contribution in [3.05, 3.63) is 41.4 Å². The smallest absolute Gasteiger partial charge is 0.258 e. The Kier molecular flexibility index (Phi) is 2.64. The van der Waals surface area contributed by atoms with Gasteiger partial charge in [0.25, 0.3) is 5.91 Å². The van der Waals surface area contributed by atoms with Crippen LogP contribution in [0.15, 0.2) is 28.9 Å². The number of carbonyl (C=O) groups excluding carboxylic acids is 1. The van der Waals surface area contributed by atoms with E-state index in [1.165, 1.54) is 0 Å².